The molecule has 0 bridgehead atoms. The van der Waals surface area contributed by atoms with Crippen molar-refractivity contribution in [1.82, 2.24) is 15.2 Å². The van der Waals surface area contributed by atoms with Gasteiger partial charge in [0.25, 0.3) is 0 Å². The maximum atomic E-state index is 5.81. The van der Waals surface area contributed by atoms with Crippen molar-refractivity contribution in [3.63, 3.8) is 0 Å². The second kappa shape index (κ2) is 7.34. The molecule has 4 nitrogen and oxygen atoms in total. The molecule has 1 aromatic rings. The molecule has 1 atom stereocenters. The van der Waals surface area contributed by atoms with Crippen LogP contribution in [0.1, 0.15) is 43.5 Å². The molecular weight excluding hydrogens is 262 g/mol. The molecule has 3 rings (SSSR count). The van der Waals surface area contributed by atoms with E-state index in [-0.39, 0.29) is 0 Å². The largest absolute Gasteiger partial charge is 0.377 e. The molecule has 1 aliphatic carbocycles. The van der Waals surface area contributed by atoms with E-state index < -0.39 is 0 Å². The third-order valence-electron chi connectivity index (χ3n) is 4.23. The number of hydrogen-bond donors (Lipinski definition) is 1. The van der Waals surface area contributed by atoms with Crippen molar-refractivity contribution >= 4 is 0 Å². The summed E-state index contributed by atoms with van der Waals surface area (Å²) >= 11 is 0. The summed E-state index contributed by atoms with van der Waals surface area (Å²) < 4.78 is 5.81. The molecular formula is C17H27N3O. The lowest BCUT2D eigenvalue weighted by Crippen LogP contribution is -2.33. The van der Waals surface area contributed by atoms with Gasteiger partial charge in [0.1, 0.15) is 0 Å². The Bertz CT molecular complexity index is 441. The first-order valence-corrected chi connectivity index (χ1v) is 8.28. The van der Waals surface area contributed by atoms with Gasteiger partial charge in [0.15, 0.2) is 0 Å². The van der Waals surface area contributed by atoms with Crippen LogP contribution in [0.5, 0.6) is 0 Å². The molecule has 1 N–H and O–H groups in total. The lowest BCUT2D eigenvalue weighted by molar-refractivity contribution is -0.00275. The average Bonchev–Trinajstić information content (AvgIpc) is 3.31. The Labute approximate surface area is 127 Å². The topological polar surface area (TPSA) is 37.4 Å². The van der Waals surface area contributed by atoms with Crippen LogP contribution in [0.3, 0.4) is 0 Å². The van der Waals surface area contributed by atoms with Gasteiger partial charge >= 0.3 is 0 Å². The van der Waals surface area contributed by atoms with E-state index in [1.54, 1.807) is 0 Å². The van der Waals surface area contributed by atoms with Crippen LogP contribution in [0.15, 0.2) is 18.2 Å². The highest BCUT2D eigenvalue weighted by molar-refractivity contribution is 5.11. The number of nitrogens with one attached hydrogen (secondary N) is 1. The number of aromatic nitrogens is 1. The van der Waals surface area contributed by atoms with Gasteiger partial charge in [-0.2, -0.15) is 0 Å². The number of likely N-dealkylation sites (N-methyl/N-ethyl adjacent to an activating group) is 1. The van der Waals surface area contributed by atoms with Gasteiger partial charge in [-0.1, -0.05) is 6.07 Å². The third-order valence-corrected chi connectivity index (χ3v) is 4.23. The predicted octanol–water partition coefficient (Wildman–Crippen LogP) is 2.33. The van der Waals surface area contributed by atoms with E-state index in [0.29, 0.717) is 6.10 Å². The molecule has 2 fully saturated rings. The van der Waals surface area contributed by atoms with Crippen molar-refractivity contribution in [3.05, 3.63) is 29.6 Å². The van der Waals surface area contributed by atoms with Gasteiger partial charge in [-0.15, -0.1) is 0 Å². The van der Waals surface area contributed by atoms with Gasteiger partial charge in [0.2, 0.25) is 0 Å². The molecule has 0 aromatic carbocycles. The van der Waals surface area contributed by atoms with E-state index in [4.69, 9.17) is 9.72 Å². The monoisotopic (exact) mass is 289 g/mol. The Morgan fingerprint density at radius 1 is 1.24 bits per heavy atom. The van der Waals surface area contributed by atoms with Gasteiger partial charge in [-0.05, 0) is 51.3 Å². The normalized spacial score (nSPS) is 22.7. The van der Waals surface area contributed by atoms with Crippen LogP contribution >= 0.6 is 0 Å². The van der Waals surface area contributed by atoms with Crippen LogP contribution in [0.2, 0.25) is 0 Å². The van der Waals surface area contributed by atoms with E-state index >= 15 is 0 Å². The zero-order valence-electron chi connectivity index (χ0n) is 13.1. The van der Waals surface area contributed by atoms with E-state index in [0.717, 1.165) is 43.7 Å². The van der Waals surface area contributed by atoms with Gasteiger partial charge in [0.05, 0.1) is 17.5 Å². The summed E-state index contributed by atoms with van der Waals surface area (Å²) in [5.41, 5.74) is 2.31. The molecule has 4 heteroatoms. The van der Waals surface area contributed by atoms with Gasteiger partial charge < -0.3 is 10.1 Å². The molecule has 1 unspecified atom stereocenters. The summed E-state index contributed by atoms with van der Waals surface area (Å²) in [6, 6.07) is 7.10. The molecule has 116 valence electrons. The number of ether oxygens (including phenoxy) is 1. The summed E-state index contributed by atoms with van der Waals surface area (Å²) in [5.74, 6) is 0. The van der Waals surface area contributed by atoms with Crippen LogP contribution < -0.4 is 5.32 Å². The molecule has 1 aliphatic heterocycles. The fourth-order valence-electron chi connectivity index (χ4n) is 2.89. The highest BCUT2D eigenvalue weighted by atomic mass is 16.5. The molecule has 1 saturated heterocycles. The van der Waals surface area contributed by atoms with Gasteiger partial charge in [0, 0.05) is 32.3 Å². The minimum Gasteiger partial charge on any atom is -0.377 e. The molecule has 2 aliphatic rings. The number of pyridine rings is 1. The lowest BCUT2D eigenvalue weighted by Gasteiger charge is -2.27. The second-order valence-electron chi connectivity index (χ2n) is 6.46. The molecule has 2 heterocycles. The van der Waals surface area contributed by atoms with Crippen molar-refractivity contribution in [3.8, 4) is 0 Å². The van der Waals surface area contributed by atoms with Crippen LogP contribution in [-0.2, 0) is 17.8 Å². The first-order chi connectivity index (χ1) is 10.3. The maximum Gasteiger partial charge on any atom is 0.0702 e. The predicted molar refractivity (Wildman–Crippen MR) is 84.0 cm³/mol. The van der Waals surface area contributed by atoms with E-state index in [9.17, 15) is 0 Å². The zero-order chi connectivity index (χ0) is 14.5. The number of nitrogens with zero attached hydrogens (tertiary/aromatic N) is 2. The molecule has 0 amide bonds. The van der Waals surface area contributed by atoms with Crippen LogP contribution in [0.25, 0.3) is 0 Å². The first-order valence-electron chi connectivity index (χ1n) is 8.28. The van der Waals surface area contributed by atoms with Gasteiger partial charge in [-0.25, -0.2) is 0 Å². The highest BCUT2D eigenvalue weighted by Gasteiger charge is 2.20. The van der Waals surface area contributed by atoms with Crippen molar-refractivity contribution in [2.45, 2.75) is 57.3 Å². The molecule has 0 spiro atoms. The molecule has 21 heavy (non-hydrogen) atoms. The summed E-state index contributed by atoms with van der Waals surface area (Å²) in [6.07, 6.45) is 6.77. The highest BCUT2D eigenvalue weighted by Crippen LogP contribution is 2.19. The van der Waals surface area contributed by atoms with Crippen LogP contribution in [0, 0.1) is 0 Å². The Morgan fingerprint density at radius 3 is 2.86 bits per heavy atom. The summed E-state index contributed by atoms with van der Waals surface area (Å²) in [5, 5.41) is 3.52. The maximum absolute atomic E-state index is 5.81. The van der Waals surface area contributed by atoms with E-state index in [2.05, 4.69) is 35.5 Å². The van der Waals surface area contributed by atoms with Crippen molar-refractivity contribution in [1.29, 1.82) is 0 Å². The molecule has 0 radical (unpaired) electrons. The van der Waals surface area contributed by atoms with Crippen LogP contribution in [-0.4, -0.2) is 42.2 Å². The molecule has 1 saturated carbocycles. The summed E-state index contributed by atoms with van der Waals surface area (Å²) in [6.45, 7) is 3.73. The SMILES string of the molecule is CN(Cc1cccc(CNC2CC2)n1)CC1CCCCO1. The van der Waals surface area contributed by atoms with Crippen LogP contribution in [0.4, 0.5) is 0 Å². The van der Waals surface area contributed by atoms with Crippen molar-refractivity contribution < 1.29 is 4.74 Å². The smallest absolute Gasteiger partial charge is 0.0702 e. The van der Waals surface area contributed by atoms with E-state index in [1.807, 2.05) is 0 Å². The fourth-order valence-corrected chi connectivity index (χ4v) is 2.89. The Balaban J connectivity index is 1.47. The van der Waals surface area contributed by atoms with Crippen molar-refractivity contribution in [2.75, 3.05) is 20.2 Å². The summed E-state index contributed by atoms with van der Waals surface area (Å²) in [7, 11) is 2.16. The Kier molecular flexibility index (Phi) is 5.22. The van der Waals surface area contributed by atoms with E-state index in [1.165, 1.54) is 32.1 Å². The Hall–Kier alpha value is -0.970. The lowest BCUT2D eigenvalue weighted by atomic mass is 10.1. The van der Waals surface area contributed by atoms with Gasteiger partial charge in [-0.3, -0.25) is 9.88 Å². The second-order valence-corrected chi connectivity index (χ2v) is 6.46. The number of rotatable bonds is 7. The minimum absolute atomic E-state index is 0.406. The average molecular weight is 289 g/mol. The minimum atomic E-state index is 0.406. The quantitative estimate of drug-likeness (QED) is 0.836. The zero-order valence-corrected chi connectivity index (χ0v) is 13.1. The third kappa shape index (κ3) is 5.06. The standard InChI is InChI=1S/C17H27N3O/c1-20(13-17-7-2-3-10-21-17)12-16-6-4-5-15(19-16)11-18-14-8-9-14/h4-6,14,17-18H,2-3,7-13H2,1H3. The van der Waals surface area contributed by atoms with Crippen molar-refractivity contribution in [2.24, 2.45) is 0 Å². The number of hydrogen-bond acceptors (Lipinski definition) is 4. The fraction of sp³-hybridized carbons (Fsp3) is 0.706. The Morgan fingerprint density at radius 2 is 2.10 bits per heavy atom. The first kappa shape index (κ1) is 14.9. The summed E-state index contributed by atoms with van der Waals surface area (Å²) in [4.78, 5) is 7.09. The molecule has 1 aromatic heterocycles.